The van der Waals surface area contributed by atoms with Crippen LogP contribution in [0.25, 0.3) is 0 Å². The summed E-state index contributed by atoms with van der Waals surface area (Å²) in [5.41, 5.74) is 1.87. The average Bonchev–Trinajstić information content (AvgIpc) is 2.62. The lowest BCUT2D eigenvalue weighted by atomic mass is 9.87. The molecule has 0 radical (unpaired) electrons. The molecule has 0 aliphatic carbocycles. The zero-order valence-electron chi connectivity index (χ0n) is 15.8. The van der Waals surface area contributed by atoms with Gasteiger partial charge in [0.1, 0.15) is 5.75 Å². The largest absolute Gasteiger partial charge is 0.493 e. The molecule has 0 aliphatic heterocycles. The van der Waals surface area contributed by atoms with Crippen molar-refractivity contribution in [1.82, 2.24) is 0 Å². The lowest BCUT2D eigenvalue weighted by molar-refractivity contribution is -0.147. The molecule has 0 aliphatic rings. The second-order valence-corrected chi connectivity index (χ2v) is 7.53. The first-order valence-corrected chi connectivity index (χ1v) is 9.06. The summed E-state index contributed by atoms with van der Waals surface area (Å²) in [6, 6.07) is 14.4. The van der Waals surface area contributed by atoms with Gasteiger partial charge in [-0.2, -0.15) is 0 Å². The minimum absolute atomic E-state index is 0.0647. The van der Waals surface area contributed by atoms with E-state index in [0.29, 0.717) is 16.5 Å². The highest BCUT2D eigenvalue weighted by molar-refractivity contribution is 6.30. The lowest BCUT2D eigenvalue weighted by Crippen LogP contribution is -2.21. The van der Waals surface area contributed by atoms with Crippen molar-refractivity contribution in [2.75, 3.05) is 18.5 Å². The summed E-state index contributed by atoms with van der Waals surface area (Å²) in [7, 11) is 0. The number of rotatable bonds is 7. The van der Waals surface area contributed by atoms with Gasteiger partial charge in [0.25, 0.3) is 5.91 Å². The number of carbonyl (C=O) groups is 2. The van der Waals surface area contributed by atoms with Gasteiger partial charge >= 0.3 is 5.97 Å². The topological polar surface area (TPSA) is 64.6 Å². The van der Waals surface area contributed by atoms with Crippen molar-refractivity contribution in [3.05, 3.63) is 59.1 Å². The second-order valence-electron chi connectivity index (χ2n) is 7.09. The predicted molar refractivity (Wildman–Crippen MR) is 106 cm³/mol. The standard InChI is InChI=1S/C21H24ClNO4/c1-21(2,3)15-4-10-18(11-5-15)26-13-12-20(25)27-14-19(24)23-17-8-6-16(22)7-9-17/h4-11H,12-14H2,1-3H3,(H,23,24). The summed E-state index contributed by atoms with van der Waals surface area (Å²) in [6.07, 6.45) is 0.0647. The molecule has 27 heavy (non-hydrogen) atoms. The third-order valence-electron chi connectivity index (χ3n) is 3.79. The van der Waals surface area contributed by atoms with Gasteiger partial charge in [0, 0.05) is 10.7 Å². The van der Waals surface area contributed by atoms with Crippen LogP contribution >= 0.6 is 11.6 Å². The van der Waals surface area contributed by atoms with Gasteiger partial charge in [-0.25, -0.2) is 0 Å². The van der Waals surface area contributed by atoms with Crippen LogP contribution in [0.4, 0.5) is 5.69 Å². The summed E-state index contributed by atoms with van der Waals surface area (Å²) in [5.74, 6) is -0.215. The number of benzene rings is 2. The highest BCUT2D eigenvalue weighted by Gasteiger charge is 2.13. The average molecular weight is 390 g/mol. The van der Waals surface area contributed by atoms with Gasteiger partial charge in [-0.1, -0.05) is 44.5 Å². The van der Waals surface area contributed by atoms with Crippen molar-refractivity contribution in [1.29, 1.82) is 0 Å². The van der Waals surface area contributed by atoms with Gasteiger partial charge in [0.2, 0.25) is 0 Å². The minimum Gasteiger partial charge on any atom is -0.493 e. The number of ether oxygens (including phenoxy) is 2. The summed E-state index contributed by atoms with van der Waals surface area (Å²) < 4.78 is 10.5. The quantitative estimate of drug-likeness (QED) is 0.703. The van der Waals surface area contributed by atoms with Crippen molar-refractivity contribution in [2.45, 2.75) is 32.6 Å². The van der Waals surface area contributed by atoms with Crippen LogP contribution in [0.1, 0.15) is 32.8 Å². The van der Waals surface area contributed by atoms with E-state index in [2.05, 4.69) is 26.1 Å². The summed E-state index contributed by atoms with van der Waals surface area (Å²) in [6.45, 7) is 6.26. The lowest BCUT2D eigenvalue weighted by Gasteiger charge is -2.19. The minimum atomic E-state index is -0.493. The van der Waals surface area contributed by atoms with Crippen molar-refractivity contribution in [3.8, 4) is 5.75 Å². The number of anilines is 1. The molecule has 1 amide bonds. The number of amides is 1. The molecule has 2 aromatic rings. The molecule has 0 aromatic heterocycles. The van der Waals surface area contributed by atoms with Gasteiger partial charge in [-0.05, 0) is 47.4 Å². The van der Waals surface area contributed by atoms with Crippen molar-refractivity contribution in [3.63, 3.8) is 0 Å². The Labute approximate surface area is 164 Å². The van der Waals surface area contributed by atoms with E-state index in [1.54, 1.807) is 24.3 Å². The molecule has 0 bridgehead atoms. The smallest absolute Gasteiger partial charge is 0.309 e. The molecule has 0 saturated carbocycles. The molecule has 0 spiro atoms. The first kappa shape index (κ1) is 20.8. The summed E-state index contributed by atoms with van der Waals surface area (Å²) in [4.78, 5) is 23.5. The maximum atomic E-state index is 11.8. The van der Waals surface area contributed by atoms with E-state index in [-0.39, 0.29) is 25.0 Å². The molecule has 144 valence electrons. The van der Waals surface area contributed by atoms with E-state index in [9.17, 15) is 9.59 Å². The summed E-state index contributed by atoms with van der Waals surface area (Å²) >= 11 is 5.78. The second kappa shape index (κ2) is 9.42. The summed E-state index contributed by atoms with van der Waals surface area (Å²) in [5, 5.41) is 3.19. The maximum absolute atomic E-state index is 11.8. The van der Waals surface area contributed by atoms with Crippen LogP contribution in [0.15, 0.2) is 48.5 Å². The van der Waals surface area contributed by atoms with E-state index in [0.717, 1.165) is 0 Å². The number of carbonyl (C=O) groups excluding carboxylic acids is 2. The van der Waals surface area contributed by atoms with Crippen molar-refractivity contribution < 1.29 is 19.1 Å². The monoisotopic (exact) mass is 389 g/mol. The van der Waals surface area contributed by atoms with Gasteiger partial charge in [0.05, 0.1) is 13.0 Å². The zero-order valence-corrected chi connectivity index (χ0v) is 16.5. The fourth-order valence-electron chi connectivity index (χ4n) is 2.25. The van der Waals surface area contributed by atoms with E-state index in [4.69, 9.17) is 21.1 Å². The van der Waals surface area contributed by atoms with Crippen LogP contribution in [-0.2, 0) is 19.7 Å². The number of halogens is 1. The van der Waals surface area contributed by atoms with Crippen LogP contribution in [0.5, 0.6) is 5.75 Å². The highest BCUT2D eigenvalue weighted by Crippen LogP contribution is 2.24. The number of nitrogens with one attached hydrogen (secondary N) is 1. The van der Waals surface area contributed by atoms with Gasteiger partial charge < -0.3 is 14.8 Å². The fourth-order valence-corrected chi connectivity index (χ4v) is 2.38. The molecule has 0 fully saturated rings. The Bertz CT molecular complexity index is 764. The van der Waals surface area contributed by atoms with Gasteiger partial charge in [0.15, 0.2) is 6.61 Å². The SMILES string of the molecule is CC(C)(C)c1ccc(OCCC(=O)OCC(=O)Nc2ccc(Cl)cc2)cc1. The Kier molecular flexibility index (Phi) is 7.25. The van der Waals surface area contributed by atoms with Gasteiger partial charge in [-0.15, -0.1) is 0 Å². The molecule has 2 rings (SSSR count). The fraction of sp³-hybridized carbons (Fsp3) is 0.333. The number of hydrogen-bond donors (Lipinski definition) is 1. The van der Waals surface area contributed by atoms with Crippen molar-refractivity contribution >= 4 is 29.2 Å². The van der Waals surface area contributed by atoms with E-state index in [1.807, 2.05) is 24.3 Å². The highest BCUT2D eigenvalue weighted by atomic mass is 35.5. The Morgan fingerprint density at radius 3 is 2.22 bits per heavy atom. The van der Waals surface area contributed by atoms with Crippen LogP contribution in [0.3, 0.4) is 0 Å². The molecule has 2 aromatic carbocycles. The Morgan fingerprint density at radius 1 is 1.00 bits per heavy atom. The van der Waals surface area contributed by atoms with E-state index in [1.165, 1.54) is 5.56 Å². The maximum Gasteiger partial charge on any atom is 0.309 e. The Morgan fingerprint density at radius 2 is 1.63 bits per heavy atom. The molecular formula is C21H24ClNO4. The zero-order chi connectivity index (χ0) is 19.9. The first-order valence-electron chi connectivity index (χ1n) is 8.68. The molecule has 1 N–H and O–H groups in total. The number of esters is 1. The molecule has 0 saturated heterocycles. The molecule has 0 atom stereocenters. The van der Waals surface area contributed by atoms with Crippen molar-refractivity contribution in [2.24, 2.45) is 0 Å². The Hall–Kier alpha value is -2.53. The van der Waals surface area contributed by atoms with Crippen LogP contribution in [-0.4, -0.2) is 25.1 Å². The molecule has 0 unspecified atom stereocenters. The van der Waals surface area contributed by atoms with E-state index < -0.39 is 11.9 Å². The molecule has 5 nitrogen and oxygen atoms in total. The third kappa shape index (κ3) is 7.31. The van der Waals surface area contributed by atoms with Crippen LogP contribution < -0.4 is 10.1 Å². The van der Waals surface area contributed by atoms with Crippen LogP contribution in [0, 0.1) is 0 Å². The van der Waals surface area contributed by atoms with Gasteiger partial charge in [-0.3, -0.25) is 9.59 Å². The third-order valence-corrected chi connectivity index (χ3v) is 4.04. The predicted octanol–water partition coefficient (Wildman–Crippen LogP) is 4.59. The van der Waals surface area contributed by atoms with Crippen LogP contribution in [0.2, 0.25) is 5.02 Å². The molecular weight excluding hydrogens is 366 g/mol. The first-order chi connectivity index (χ1) is 12.7. The van der Waals surface area contributed by atoms with E-state index >= 15 is 0 Å². The molecule has 6 heteroatoms. The number of hydrogen-bond acceptors (Lipinski definition) is 4. The Balaban J connectivity index is 1.67. The normalized spacial score (nSPS) is 11.0. The molecule has 0 heterocycles.